The maximum Gasteiger partial charge on any atom is 0.314 e. The molecule has 0 saturated carbocycles. The Morgan fingerprint density at radius 1 is 1.23 bits per heavy atom. The van der Waals surface area contributed by atoms with Crippen molar-refractivity contribution in [1.82, 2.24) is 10.6 Å². The first-order valence-electron chi connectivity index (χ1n) is 4.88. The third kappa shape index (κ3) is 4.72. The van der Waals surface area contributed by atoms with Crippen LogP contribution in [0, 0.1) is 0 Å². The summed E-state index contributed by atoms with van der Waals surface area (Å²) in [7, 11) is 0. The average molecular weight is 187 g/mol. The molecule has 0 aromatic heterocycles. The minimum Gasteiger partial charge on any atom is -0.338 e. The first-order chi connectivity index (χ1) is 6.08. The lowest BCUT2D eigenvalue weighted by molar-refractivity contribution is 0.236. The van der Waals surface area contributed by atoms with E-state index in [2.05, 4.69) is 10.6 Å². The molecule has 0 bridgehead atoms. The normalized spacial score (nSPS) is 11.1. The van der Waals surface area contributed by atoms with Crippen LogP contribution in [0.4, 0.5) is 4.79 Å². The molecule has 0 saturated heterocycles. The Kier molecular flexibility index (Phi) is 5.46. The second-order valence-corrected chi connectivity index (χ2v) is 3.28. The number of nitrogens with one attached hydrogen (secondary N) is 2. The zero-order valence-corrected chi connectivity index (χ0v) is 8.81. The van der Waals surface area contributed by atoms with Gasteiger partial charge in [-0.05, 0) is 19.8 Å². The first kappa shape index (κ1) is 12.2. The lowest BCUT2D eigenvalue weighted by Gasteiger charge is -2.26. The van der Waals surface area contributed by atoms with Crippen molar-refractivity contribution in [3.8, 4) is 0 Å². The van der Waals surface area contributed by atoms with E-state index in [9.17, 15) is 4.79 Å². The van der Waals surface area contributed by atoms with Gasteiger partial charge in [0.05, 0.1) is 0 Å². The van der Waals surface area contributed by atoms with Crippen LogP contribution >= 0.6 is 0 Å². The molecule has 13 heavy (non-hydrogen) atoms. The molecule has 4 N–H and O–H groups in total. The first-order valence-corrected chi connectivity index (χ1v) is 4.88. The number of hydrogen-bond donors (Lipinski definition) is 3. The Labute approximate surface area is 80.3 Å². The van der Waals surface area contributed by atoms with Gasteiger partial charge in [0, 0.05) is 18.6 Å². The highest BCUT2D eigenvalue weighted by atomic mass is 16.2. The summed E-state index contributed by atoms with van der Waals surface area (Å²) < 4.78 is 0. The summed E-state index contributed by atoms with van der Waals surface area (Å²) in [5.41, 5.74) is 5.74. The third-order valence-corrected chi connectivity index (χ3v) is 2.35. The number of rotatable bonds is 5. The summed E-state index contributed by atoms with van der Waals surface area (Å²) >= 11 is 0. The van der Waals surface area contributed by atoms with Crippen LogP contribution in [-0.4, -0.2) is 24.7 Å². The summed E-state index contributed by atoms with van der Waals surface area (Å²) in [5, 5.41) is 5.41. The second-order valence-electron chi connectivity index (χ2n) is 3.28. The minimum atomic E-state index is -0.259. The molecule has 0 unspecified atom stereocenters. The van der Waals surface area contributed by atoms with E-state index in [4.69, 9.17) is 5.73 Å². The largest absolute Gasteiger partial charge is 0.338 e. The van der Waals surface area contributed by atoms with E-state index in [0.29, 0.717) is 13.1 Å². The maximum absolute atomic E-state index is 11.0. The fraction of sp³-hybridized carbons (Fsp3) is 0.889. The van der Waals surface area contributed by atoms with Crippen LogP contribution < -0.4 is 16.4 Å². The summed E-state index contributed by atoms with van der Waals surface area (Å²) in [6, 6.07) is -0.140. The zero-order valence-electron chi connectivity index (χ0n) is 8.81. The molecule has 4 nitrogen and oxygen atoms in total. The van der Waals surface area contributed by atoms with Crippen LogP contribution in [0.3, 0.4) is 0 Å². The van der Waals surface area contributed by atoms with Crippen molar-refractivity contribution < 1.29 is 4.79 Å². The van der Waals surface area contributed by atoms with Gasteiger partial charge < -0.3 is 16.4 Å². The number of hydrogen-bond acceptors (Lipinski definition) is 2. The van der Waals surface area contributed by atoms with Gasteiger partial charge in [0.15, 0.2) is 0 Å². The molecule has 0 heterocycles. The molecule has 78 valence electrons. The Balaban J connectivity index is 3.78. The van der Waals surface area contributed by atoms with E-state index in [1.54, 1.807) is 0 Å². The van der Waals surface area contributed by atoms with Gasteiger partial charge in [0.25, 0.3) is 0 Å². The number of amides is 2. The Hall–Kier alpha value is -0.770. The highest BCUT2D eigenvalue weighted by Gasteiger charge is 2.20. The monoisotopic (exact) mass is 187 g/mol. The van der Waals surface area contributed by atoms with Gasteiger partial charge in [-0.15, -0.1) is 0 Å². The molecule has 0 spiro atoms. The van der Waals surface area contributed by atoms with Gasteiger partial charge >= 0.3 is 6.03 Å². The lowest BCUT2D eigenvalue weighted by atomic mass is 9.94. The molecular formula is C9H21N3O. The van der Waals surface area contributed by atoms with Crippen LogP contribution in [0.5, 0.6) is 0 Å². The fourth-order valence-corrected chi connectivity index (χ4v) is 0.979. The predicted octanol–water partition coefficient (Wildman–Crippen LogP) is 0.823. The Morgan fingerprint density at radius 2 is 1.77 bits per heavy atom. The van der Waals surface area contributed by atoms with Crippen LogP contribution in [0.15, 0.2) is 0 Å². The summed E-state index contributed by atoms with van der Waals surface area (Å²) in [6.45, 7) is 7.12. The van der Waals surface area contributed by atoms with Crippen LogP contribution in [0.25, 0.3) is 0 Å². The molecule has 0 atom stereocenters. The van der Waals surface area contributed by atoms with Crippen molar-refractivity contribution in [2.45, 2.75) is 39.2 Å². The molecule has 0 aliphatic rings. The number of carbonyl (C=O) groups excluding carboxylic acids is 1. The Morgan fingerprint density at radius 3 is 2.15 bits per heavy atom. The standard InChI is InChI=1S/C9H21N3O/c1-4-9(10,5-2)7-12-8(13)11-6-3/h4-7,10H2,1-3H3,(H2,11,12,13). The van der Waals surface area contributed by atoms with Crippen molar-refractivity contribution in [3.63, 3.8) is 0 Å². The molecule has 0 rings (SSSR count). The molecule has 0 aliphatic heterocycles. The van der Waals surface area contributed by atoms with Crippen LogP contribution in [0.2, 0.25) is 0 Å². The Bertz CT molecular complexity index is 155. The molecule has 0 aromatic carbocycles. The van der Waals surface area contributed by atoms with Gasteiger partial charge in [-0.25, -0.2) is 4.79 Å². The number of urea groups is 1. The quantitative estimate of drug-likeness (QED) is 0.596. The molecule has 0 aromatic rings. The van der Waals surface area contributed by atoms with Gasteiger partial charge in [0.1, 0.15) is 0 Å². The van der Waals surface area contributed by atoms with Crippen molar-refractivity contribution >= 4 is 6.03 Å². The molecule has 0 fully saturated rings. The SMILES string of the molecule is CCNC(=O)NCC(N)(CC)CC. The van der Waals surface area contributed by atoms with Crippen molar-refractivity contribution in [3.05, 3.63) is 0 Å². The summed E-state index contributed by atoms with van der Waals surface area (Å²) in [5.74, 6) is 0. The summed E-state index contributed by atoms with van der Waals surface area (Å²) in [4.78, 5) is 11.0. The lowest BCUT2D eigenvalue weighted by Crippen LogP contribution is -2.51. The van der Waals surface area contributed by atoms with E-state index in [1.807, 2.05) is 20.8 Å². The van der Waals surface area contributed by atoms with E-state index in [1.165, 1.54) is 0 Å². The topological polar surface area (TPSA) is 67.2 Å². The molecule has 4 heteroatoms. The van der Waals surface area contributed by atoms with E-state index < -0.39 is 0 Å². The van der Waals surface area contributed by atoms with Crippen LogP contribution in [-0.2, 0) is 0 Å². The molecule has 0 aliphatic carbocycles. The molecule has 2 amide bonds. The van der Waals surface area contributed by atoms with Gasteiger partial charge in [-0.1, -0.05) is 13.8 Å². The average Bonchev–Trinajstić information content (AvgIpc) is 2.15. The van der Waals surface area contributed by atoms with E-state index in [0.717, 1.165) is 12.8 Å². The smallest absolute Gasteiger partial charge is 0.314 e. The highest BCUT2D eigenvalue weighted by molar-refractivity contribution is 5.73. The molecular weight excluding hydrogens is 166 g/mol. The third-order valence-electron chi connectivity index (χ3n) is 2.35. The van der Waals surface area contributed by atoms with Crippen molar-refractivity contribution in [1.29, 1.82) is 0 Å². The number of nitrogens with two attached hydrogens (primary N) is 1. The highest BCUT2D eigenvalue weighted by Crippen LogP contribution is 2.08. The summed E-state index contributed by atoms with van der Waals surface area (Å²) in [6.07, 6.45) is 1.74. The zero-order chi connectivity index (χ0) is 10.3. The maximum atomic E-state index is 11.0. The van der Waals surface area contributed by atoms with E-state index >= 15 is 0 Å². The van der Waals surface area contributed by atoms with Crippen molar-refractivity contribution in [2.24, 2.45) is 5.73 Å². The predicted molar refractivity (Wildman–Crippen MR) is 54.6 cm³/mol. The van der Waals surface area contributed by atoms with E-state index in [-0.39, 0.29) is 11.6 Å². The fourth-order valence-electron chi connectivity index (χ4n) is 0.979. The number of carbonyl (C=O) groups is 1. The molecule has 0 radical (unpaired) electrons. The van der Waals surface area contributed by atoms with Crippen molar-refractivity contribution in [2.75, 3.05) is 13.1 Å². The van der Waals surface area contributed by atoms with Crippen LogP contribution in [0.1, 0.15) is 33.6 Å². The minimum absolute atomic E-state index is 0.140. The van der Waals surface area contributed by atoms with Gasteiger partial charge in [-0.2, -0.15) is 0 Å². The second kappa shape index (κ2) is 5.80. The van der Waals surface area contributed by atoms with Gasteiger partial charge in [-0.3, -0.25) is 0 Å². The van der Waals surface area contributed by atoms with Gasteiger partial charge in [0.2, 0.25) is 0 Å².